The Hall–Kier alpha value is -1.34. The Labute approximate surface area is 125 Å². The molecule has 21 heavy (non-hydrogen) atoms. The maximum absolute atomic E-state index is 12.3. The van der Waals surface area contributed by atoms with Crippen molar-refractivity contribution < 1.29 is 14.3 Å². The highest BCUT2D eigenvalue weighted by Gasteiger charge is 2.32. The molecule has 0 bridgehead atoms. The molecule has 1 unspecified atom stereocenters. The van der Waals surface area contributed by atoms with E-state index in [9.17, 15) is 9.59 Å². The number of likely N-dealkylation sites (tertiary alicyclic amines) is 1. The number of urea groups is 1. The normalized spacial score (nSPS) is 27.8. The van der Waals surface area contributed by atoms with Crippen LogP contribution < -0.4 is 10.6 Å². The third kappa shape index (κ3) is 3.47. The Morgan fingerprint density at radius 3 is 2.67 bits per heavy atom. The quantitative estimate of drug-likeness (QED) is 0.728. The van der Waals surface area contributed by atoms with Crippen molar-refractivity contribution in [1.82, 2.24) is 20.4 Å². The number of carbonyl (C=O) groups excluding carboxylic acids is 2. The second-order valence-electron chi connectivity index (χ2n) is 5.97. The predicted octanol–water partition coefficient (Wildman–Crippen LogP) is -0.619. The van der Waals surface area contributed by atoms with Crippen LogP contribution >= 0.6 is 0 Å². The first-order chi connectivity index (χ1) is 10.2. The van der Waals surface area contributed by atoms with Gasteiger partial charge in [0.2, 0.25) is 5.91 Å². The molecule has 0 aromatic rings. The van der Waals surface area contributed by atoms with E-state index in [2.05, 4.69) is 10.6 Å². The van der Waals surface area contributed by atoms with Gasteiger partial charge in [-0.3, -0.25) is 4.79 Å². The molecule has 2 N–H and O–H groups in total. The topological polar surface area (TPSA) is 73.9 Å². The molecule has 0 spiro atoms. The van der Waals surface area contributed by atoms with Gasteiger partial charge in [-0.1, -0.05) is 0 Å². The second-order valence-corrected chi connectivity index (χ2v) is 5.97. The standard InChI is InChI=1S/C14H24N4O3/c19-13(9-11-10-21-8-4-15-11)17-5-1-12(2-6-17)18-7-3-16-14(18)20/h11-12,15H,1-10H2,(H,16,20). The van der Waals surface area contributed by atoms with E-state index in [1.54, 1.807) is 0 Å². The van der Waals surface area contributed by atoms with Gasteiger partial charge < -0.3 is 25.2 Å². The van der Waals surface area contributed by atoms with Crippen LogP contribution in [0.5, 0.6) is 0 Å². The summed E-state index contributed by atoms with van der Waals surface area (Å²) in [4.78, 5) is 27.8. The number of hydrogen-bond donors (Lipinski definition) is 2. The summed E-state index contributed by atoms with van der Waals surface area (Å²) in [7, 11) is 0. The van der Waals surface area contributed by atoms with Crippen LogP contribution in [0, 0.1) is 0 Å². The zero-order valence-electron chi connectivity index (χ0n) is 12.3. The Morgan fingerprint density at radius 2 is 2.05 bits per heavy atom. The molecular formula is C14H24N4O3. The van der Waals surface area contributed by atoms with Crippen LogP contribution in [-0.4, -0.2) is 79.8 Å². The zero-order valence-corrected chi connectivity index (χ0v) is 12.3. The summed E-state index contributed by atoms with van der Waals surface area (Å²) in [6.45, 7) is 5.21. The van der Waals surface area contributed by atoms with E-state index in [-0.39, 0.29) is 24.0 Å². The molecule has 0 aromatic heterocycles. The molecule has 7 heteroatoms. The summed E-state index contributed by atoms with van der Waals surface area (Å²) in [5, 5.41) is 6.15. The fourth-order valence-corrected chi connectivity index (χ4v) is 3.35. The Kier molecular flexibility index (Phi) is 4.60. The van der Waals surface area contributed by atoms with Gasteiger partial charge >= 0.3 is 6.03 Å². The van der Waals surface area contributed by atoms with Gasteiger partial charge in [-0.05, 0) is 12.8 Å². The van der Waals surface area contributed by atoms with Gasteiger partial charge in [0.25, 0.3) is 0 Å². The van der Waals surface area contributed by atoms with Gasteiger partial charge in [0.05, 0.1) is 13.2 Å². The van der Waals surface area contributed by atoms with Crippen LogP contribution in [0.25, 0.3) is 0 Å². The van der Waals surface area contributed by atoms with Crippen LogP contribution in [0.3, 0.4) is 0 Å². The van der Waals surface area contributed by atoms with E-state index >= 15 is 0 Å². The van der Waals surface area contributed by atoms with Crippen LogP contribution in [0.2, 0.25) is 0 Å². The minimum absolute atomic E-state index is 0.0448. The number of hydrogen-bond acceptors (Lipinski definition) is 4. The highest BCUT2D eigenvalue weighted by Crippen LogP contribution is 2.19. The lowest BCUT2D eigenvalue weighted by Gasteiger charge is -2.37. The van der Waals surface area contributed by atoms with E-state index in [1.165, 1.54) is 0 Å². The number of nitrogens with one attached hydrogen (secondary N) is 2. The first kappa shape index (κ1) is 14.6. The lowest BCUT2D eigenvalue weighted by Crippen LogP contribution is -2.50. The second kappa shape index (κ2) is 6.62. The number of carbonyl (C=O) groups is 2. The van der Waals surface area contributed by atoms with Crippen molar-refractivity contribution in [3.63, 3.8) is 0 Å². The molecule has 0 radical (unpaired) electrons. The summed E-state index contributed by atoms with van der Waals surface area (Å²) in [6.07, 6.45) is 2.27. The number of piperidine rings is 1. The van der Waals surface area contributed by atoms with Crippen molar-refractivity contribution in [3.8, 4) is 0 Å². The monoisotopic (exact) mass is 296 g/mol. The van der Waals surface area contributed by atoms with Crippen LogP contribution in [0.4, 0.5) is 4.79 Å². The molecule has 0 saturated carbocycles. The fourth-order valence-electron chi connectivity index (χ4n) is 3.35. The summed E-state index contributed by atoms with van der Waals surface area (Å²) >= 11 is 0. The fraction of sp³-hybridized carbons (Fsp3) is 0.857. The average molecular weight is 296 g/mol. The van der Waals surface area contributed by atoms with Gasteiger partial charge in [-0.15, -0.1) is 0 Å². The minimum atomic E-state index is 0.0448. The third-order valence-electron chi connectivity index (χ3n) is 4.57. The van der Waals surface area contributed by atoms with Gasteiger partial charge in [0, 0.05) is 51.2 Å². The summed E-state index contributed by atoms with van der Waals surface area (Å²) in [5.41, 5.74) is 0. The van der Waals surface area contributed by atoms with E-state index in [4.69, 9.17) is 4.74 Å². The highest BCUT2D eigenvalue weighted by molar-refractivity contribution is 5.78. The Bertz CT molecular complexity index is 390. The molecule has 3 amide bonds. The first-order valence-electron chi connectivity index (χ1n) is 7.87. The van der Waals surface area contributed by atoms with E-state index < -0.39 is 0 Å². The molecule has 3 rings (SSSR count). The average Bonchev–Trinajstić information content (AvgIpc) is 2.94. The molecule has 3 fully saturated rings. The lowest BCUT2D eigenvalue weighted by atomic mass is 10.0. The first-order valence-corrected chi connectivity index (χ1v) is 7.87. The molecule has 0 aromatic carbocycles. The minimum Gasteiger partial charge on any atom is -0.378 e. The predicted molar refractivity (Wildman–Crippen MR) is 76.9 cm³/mol. The van der Waals surface area contributed by atoms with E-state index in [0.29, 0.717) is 13.0 Å². The molecule has 118 valence electrons. The van der Waals surface area contributed by atoms with Gasteiger partial charge in [0.15, 0.2) is 0 Å². The zero-order chi connectivity index (χ0) is 14.7. The molecule has 1 atom stereocenters. The van der Waals surface area contributed by atoms with E-state index in [0.717, 1.165) is 52.2 Å². The highest BCUT2D eigenvalue weighted by atomic mass is 16.5. The van der Waals surface area contributed by atoms with Crippen molar-refractivity contribution in [2.45, 2.75) is 31.3 Å². The third-order valence-corrected chi connectivity index (χ3v) is 4.57. The van der Waals surface area contributed by atoms with Crippen molar-refractivity contribution in [2.24, 2.45) is 0 Å². The number of morpholine rings is 1. The maximum atomic E-state index is 12.3. The van der Waals surface area contributed by atoms with Crippen molar-refractivity contribution >= 4 is 11.9 Å². The van der Waals surface area contributed by atoms with Crippen molar-refractivity contribution in [3.05, 3.63) is 0 Å². The molecule has 3 heterocycles. The summed E-state index contributed by atoms with van der Waals surface area (Å²) < 4.78 is 5.38. The number of nitrogens with zero attached hydrogens (tertiary/aromatic N) is 2. The Morgan fingerprint density at radius 1 is 1.24 bits per heavy atom. The number of ether oxygens (including phenoxy) is 1. The summed E-state index contributed by atoms with van der Waals surface area (Å²) in [6, 6.07) is 0.476. The van der Waals surface area contributed by atoms with Crippen LogP contribution in [0.15, 0.2) is 0 Å². The smallest absolute Gasteiger partial charge is 0.317 e. The molecular weight excluding hydrogens is 272 g/mol. The molecule has 3 aliphatic rings. The number of amides is 3. The molecule has 3 aliphatic heterocycles. The van der Waals surface area contributed by atoms with E-state index in [1.807, 2.05) is 9.80 Å². The molecule has 0 aliphatic carbocycles. The maximum Gasteiger partial charge on any atom is 0.317 e. The van der Waals surface area contributed by atoms with Gasteiger partial charge in [-0.2, -0.15) is 0 Å². The molecule has 7 nitrogen and oxygen atoms in total. The lowest BCUT2D eigenvalue weighted by molar-refractivity contribution is -0.133. The van der Waals surface area contributed by atoms with Crippen LogP contribution in [-0.2, 0) is 9.53 Å². The van der Waals surface area contributed by atoms with Gasteiger partial charge in [0.1, 0.15) is 0 Å². The van der Waals surface area contributed by atoms with Crippen molar-refractivity contribution in [2.75, 3.05) is 45.9 Å². The molecule has 3 saturated heterocycles. The van der Waals surface area contributed by atoms with Crippen LogP contribution in [0.1, 0.15) is 19.3 Å². The SMILES string of the molecule is O=C(CC1COCCN1)N1CCC(N2CCNC2=O)CC1. The van der Waals surface area contributed by atoms with Crippen molar-refractivity contribution in [1.29, 1.82) is 0 Å². The largest absolute Gasteiger partial charge is 0.378 e. The summed E-state index contributed by atoms with van der Waals surface area (Å²) in [5.74, 6) is 0.197. The van der Waals surface area contributed by atoms with Gasteiger partial charge in [-0.25, -0.2) is 4.79 Å². The number of rotatable bonds is 3. The Balaban J connectivity index is 1.44.